The largest absolute Gasteiger partial charge is 0.473 e. The molecule has 5 heterocycles. The van der Waals surface area contributed by atoms with E-state index in [9.17, 15) is 0 Å². The summed E-state index contributed by atoms with van der Waals surface area (Å²) in [5.74, 6) is 2.22. The number of halogens is 1. The lowest BCUT2D eigenvalue weighted by Crippen LogP contribution is -2.35. The Morgan fingerprint density at radius 3 is 2.68 bits per heavy atom. The van der Waals surface area contributed by atoms with Gasteiger partial charge in [0.05, 0.1) is 35.7 Å². The molecule has 3 aromatic heterocycles. The quantitative estimate of drug-likeness (QED) is 0.208. The number of pyridine rings is 2. The molecule has 0 amide bonds. The Hall–Kier alpha value is -3.52. The third-order valence-electron chi connectivity index (χ3n) is 8.45. The van der Waals surface area contributed by atoms with E-state index in [4.69, 9.17) is 31.0 Å². The van der Waals surface area contributed by atoms with Crippen molar-refractivity contribution < 1.29 is 9.47 Å². The zero-order valence-corrected chi connectivity index (χ0v) is 24.1. The molecule has 2 saturated heterocycles. The van der Waals surface area contributed by atoms with Crippen LogP contribution in [0.5, 0.6) is 5.88 Å². The molecule has 8 heteroatoms. The summed E-state index contributed by atoms with van der Waals surface area (Å²) < 4.78 is 14.3. The number of piperidine rings is 1. The molecule has 1 unspecified atom stereocenters. The number of nitrogens with zero attached hydrogens (tertiary/aromatic N) is 5. The number of hydrogen-bond donors (Lipinski definition) is 0. The van der Waals surface area contributed by atoms with Crippen molar-refractivity contribution in [3.63, 3.8) is 0 Å². The van der Waals surface area contributed by atoms with Crippen molar-refractivity contribution in [1.29, 1.82) is 0 Å². The zero-order chi connectivity index (χ0) is 27.8. The predicted octanol–water partition coefficient (Wildman–Crippen LogP) is 6.69. The average molecular weight is 568 g/mol. The maximum atomic E-state index is 6.15. The molecule has 7 nitrogen and oxygen atoms in total. The summed E-state index contributed by atoms with van der Waals surface area (Å²) >= 11 is 6.15. The molecule has 2 aliphatic heterocycles. The number of aromatic nitrogens is 4. The maximum Gasteiger partial charge on any atom is 0.213 e. The summed E-state index contributed by atoms with van der Waals surface area (Å²) in [7, 11) is 0. The fraction of sp³-hybridized carbons (Fsp3) is 0.364. The minimum atomic E-state index is 0.300. The Bertz CT molecular complexity index is 1690. The molecule has 1 atom stereocenters. The Morgan fingerprint density at radius 2 is 1.85 bits per heavy atom. The fourth-order valence-corrected chi connectivity index (χ4v) is 6.19. The van der Waals surface area contributed by atoms with Crippen LogP contribution in [0.2, 0.25) is 5.02 Å². The van der Waals surface area contributed by atoms with Crippen molar-refractivity contribution in [1.82, 2.24) is 24.4 Å². The van der Waals surface area contributed by atoms with E-state index < -0.39 is 0 Å². The van der Waals surface area contributed by atoms with Crippen LogP contribution < -0.4 is 4.74 Å². The molecule has 7 rings (SSSR count). The lowest BCUT2D eigenvalue weighted by molar-refractivity contribution is -0.0592. The third-order valence-corrected chi connectivity index (χ3v) is 8.68. The van der Waals surface area contributed by atoms with Gasteiger partial charge in [-0.3, -0.25) is 9.88 Å². The van der Waals surface area contributed by atoms with Gasteiger partial charge in [-0.05, 0) is 81.2 Å². The lowest BCUT2D eigenvalue weighted by Gasteiger charge is -2.32. The highest BCUT2D eigenvalue weighted by Gasteiger charge is 2.26. The molecule has 0 spiro atoms. The Kier molecular flexibility index (Phi) is 7.33. The minimum absolute atomic E-state index is 0.300. The van der Waals surface area contributed by atoms with Crippen LogP contribution in [0.4, 0.5) is 0 Å². The van der Waals surface area contributed by atoms with Crippen molar-refractivity contribution >= 4 is 33.5 Å². The monoisotopic (exact) mass is 567 g/mol. The zero-order valence-electron chi connectivity index (χ0n) is 23.3. The number of benzene rings is 2. The third kappa shape index (κ3) is 5.67. The SMILES string of the molecule is Cc1ccc2nc(CN3CCC(c4cccc(OCc5ccnc6cc(Cl)ccc56)n4)CC3)n(CC3CCO3)c2c1. The van der Waals surface area contributed by atoms with Gasteiger partial charge < -0.3 is 14.0 Å². The van der Waals surface area contributed by atoms with Gasteiger partial charge in [-0.15, -0.1) is 0 Å². The lowest BCUT2D eigenvalue weighted by atomic mass is 9.93. The standard InChI is InChI=1S/C33H34ClN5O2/c1-22-5-8-29-31(17-22)39(19-26-12-16-40-26)32(36-29)20-38-14-10-23(11-15-38)28-3-2-4-33(37-28)41-21-24-9-13-35-30-18-25(34)6-7-27(24)30/h2-9,13,17-18,23,26H,10-12,14-16,19-21H2,1H3. The molecule has 0 N–H and O–H groups in total. The molecular formula is C33H34ClN5O2. The first-order valence-electron chi connectivity index (χ1n) is 14.5. The minimum Gasteiger partial charge on any atom is -0.473 e. The summed E-state index contributed by atoms with van der Waals surface area (Å²) in [5, 5.41) is 1.73. The van der Waals surface area contributed by atoms with E-state index in [0.29, 0.717) is 29.5 Å². The number of imidazole rings is 1. The molecule has 41 heavy (non-hydrogen) atoms. The van der Waals surface area contributed by atoms with E-state index in [1.54, 1.807) is 6.20 Å². The molecule has 5 aromatic rings. The normalized spacial score (nSPS) is 18.1. The Morgan fingerprint density at radius 1 is 0.976 bits per heavy atom. The van der Waals surface area contributed by atoms with Gasteiger partial charge in [0.25, 0.3) is 0 Å². The highest BCUT2D eigenvalue weighted by molar-refractivity contribution is 6.31. The van der Waals surface area contributed by atoms with Crippen LogP contribution in [0.25, 0.3) is 21.9 Å². The second kappa shape index (κ2) is 11.4. The van der Waals surface area contributed by atoms with Gasteiger partial charge in [-0.25, -0.2) is 9.97 Å². The van der Waals surface area contributed by atoms with E-state index >= 15 is 0 Å². The van der Waals surface area contributed by atoms with Crippen molar-refractivity contribution in [3.05, 3.63) is 94.5 Å². The van der Waals surface area contributed by atoms with Crippen molar-refractivity contribution in [2.45, 2.75) is 57.9 Å². The number of aryl methyl sites for hydroxylation is 1. The van der Waals surface area contributed by atoms with Gasteiger partial charge in [0, 0.05) is 46.5 Å². The molecule has 210 valence electrons. The van der Waals surface area contributed by atoms with E-state index in [0.717, 1.165) is 85.5 Å². The van der Waals surface area contributed by atoms with Gasteiger partial charge in [-0.1, -0.05) is 29.8 Å². The van der Waals surface area contributed by atoms with Crippen molar-refractivity contribution in [3.8, 4) is 5.88 Å². The molecule has 2 aromatic carbocycles. The number of hydrogen-bond acceptors (Lipinski definition) is 6. The van der Waals surface area contributed by atoms with Crippen LogP contribution in [-0.2, 0) is 24.4 Å². The smallest absolute Gasteiger partial charge is 0.213 e. The first-order valence-corrected chi connectivity index (χ1v) is 14.9. The van der Waals surface area contributed by atoms with Gasteiger partial charge in [0.2, 0.25) is 5.88 Å². The van der Waals surface area contributed by atoms with Crippen molar-refractivity contribution in [2.75, 3.05) is 19.7 Å². The average Bonchev–Trinajstić information content (AvgIpc) is 3.29. The number of likely N-dealkylation sites (tertiary alicyclic amines) is 1. The van der Waals surface area contributed by atoms with Crippen LogP contribution in [0.1, 0.15) is 47.8 Å². The van der Waals surface area contributed by atoms with Crippen LogP contribution in [0, 0.1) is 6.92 Å². The molecule has 0 bridgehead atoms. The molecule has 0 saturated carbocycles. The highest BCUT2D eigenvalue weighted by atomic mass is 35.5. The Balaban J connectivity index is 1.00. The number of fused-ring (bicyclic) bond motifs is 2. The number of ether oxygens (including phenoxy) is 2. The summed E-state index contributed by atoms with van der Waals surface area (Å²) in [5.41, 5.74) is 6.60. The summed E-state index contributed by atoms with van der Waals surface area (Å²) in [6, 6.07) is 20.4. The van der Waals surface area contributed by atoms with Gasteiger partial charge >= 0.3 is 0 Å². The van der Waals surface area contributed by atoms with Gasteiger partial charge in [0.15, 0.2) is 0 Å². The molecular weight excluding hydrogens is 534 g/mol. The topological polar surface area (TPSA) is 65.3 Å². The maximum absolute atomic E-state index is 6.15. The van der Waals surface area contributed by atoms with Gasteiger partial charge in [0.1, 0.15) is 12.4 Å². The van der Waals surface area contributed by atoms with Crippen LogP contribution in [-0.4, -0.2) is 50.2 Å². The number of rotatable bonds is 8. The molecule has 2 aliphatic rings. The van der Waals surface area contributed by atoms with E-state index in [-0.39, 0.29) is 0 Å². The second-order valence-corrected chi connectivity index (χ2v) is 11.7. The second-order valence-electron chi connectivity index (χ2n) is 11.3. The predicted molar refractivity (Wildman–Crippen MR) is 161 cm³/mol. The summed E-state index contributed by atoms with van der Waals surface area (Å²) in [6.07, 6.45) is 5.36. The van der Waals surface area contributed by atoms with Crippen molar-refractivity contribution in [2.24, 2.45) is 0 Å². The van der Waals surface area contributed by atoms with E-state index in [2.05, 4.69) is 51.7 Å². The summed E-state index contributed by atoms with van der Waals surface area (Å²) in [4.78, 5) is 16.9. The van der Waals surface area contributed by atoms with Gasteiger partial charge in [-0.2, -0.15) is 0 Å². The first-order chi connectivity index (χ1) is 20.1. The molecule has 0 aliphatic carbocycles. The van der Waals surface area contributed by atoms with Crippen LogP contribution in [0.15, 0.2) is 66.9 Å². The van der Waals surface area contributed by atoms with Crippen LogP contribution >= 0.6 is 11.6 Å². The highest BCUT2D eigenvalue weighted by Crippen LogP contribution is 2.30. The first kappa shape index (κ1) is 26.4. The molecule has 0 radical (unpaired) electrons. The molecule has 2 fully saturated rings. The van der Waals surface area contributed by atoms with Crippen LogP contribution in [0.3, 0.4) is 0 Å². The summed E-state index contributed by atoms with van der Waals surface area (Å²) in [6.45, 7) is 7.22. The van der Waals surface area contributed by atoms with E-state index in [1.165, 1.54) is 11.1 Å². The Labute approximate surface area is 245 Å². The van der Waals surface area contributed by atoms with E-state index in [1.807, 2.05) is 30.3 Å². The fourth-order valence-electron chi connectivity index (χ4n) is 6.02.